The van der Waals surface area contributed by atoms with Crippen LogP contribution in [-0.2, 0) is 9.84 Å². The molecule has 0 aliphatic rings. The summed E-state index contributed by atoms with van der Waals surface area (Å²) in [6.07, 6.45) is 6.48. The maximum absolute atomic E-state index is 11.9. The van der Waals surface area contributed by atoms with Gasteiger partial charge in [-0.2, -0.15) is 0 Å². The zero-order valence-electron chi connectivity index (χ0n) is 10.2. The van der Waals surface area contributed by atoms with Crippen molar-refractivity contribution >= 4 is 15.5 Å². The lowest BCUT2D eigenvalue weighted by Crippen LogP contribution is -2.11. The van der Waals surface area contributed by atoms with E-state index in [2.05, 4.69) is 11.9 Å². The molecule has 0 spiro atoms. The molecule has 1 heterocycles. The van der Waals surface area contributed by atoms with E-state index in [1.165, 1.54) is 6.20 Å². The maximum atomic E-state index is 11.9. The van der Waals surface area contributed by atoms with E-state index < -0.39 is 9.84 Å². The van der Waals surface area contributed by atoms with E-state index in [1.807, 2.05) is 0 Å². The zero-order valence-corrected chi connectivity index (χ0v) is 11.0. The van der Waals surface area contributed by atoms with Gasteiger partial charge in [0.2, 0.25) is 0 Å². The number of nitrogens with zero attached hydrogens (tertiary/aromatic N) is 1. The standard InChI is InChI=1S/C12H20N2O2S/c1-2-3-4-5-6-10-17(15,16)12-11(13)8-7-9-14-12/h7-9H,2-6,10,13H2,1H3. The molecule has 1 rings (SSSR count). The van der Waals surface area contributed by atoms with Gasteiger partial charge in [0.15, 0.2) is 14.9 Å². The third-order valence-electron chi connectivity index (χ3n) is 2.61. The van der Waals surface area contributed by atoms with Gasteiger partial charge in [-0.15, -0.1) is 0 Å². The molecule has 1 aromatic rings. The molecule has 5 heteroatoms. The van der Waals surface area contributed by atoms with Crippen LogP contribution in [0.2, 0.25) is 0 Å². The number of pyridine rings is 1. The largest absolute Gasteiger partial charge is 0.396 e. The monoisotopic (exact) mass is 256 g/mol. The van der Waals surface area contributed by atoms with E-state index in [0.717, 1.165) is 25.7 Å². The first-order valence-electron chi connectivity index (χ1n) is 6.01. The van der Waals surface area contributed by atoms with Crippen molar-refractivity contribution in [3.05, 3.63) is 18.3 Å². The predicted octanol–water partition coefficient (Wildman–Crippen LogP) is 2.41. The summed E-state index contributed by atoms with van der Waals surface area (Å²) in [5.41, 5.74) is 5.85. The molecule has 0 aliphatic carbocycles. The Bertz CT molecular complexity index is 444. The second-order valence-corrected chi connectivity index (χ2v) is 6.16. The van der Waals surface area contributed by atoms with E-state index >= 15 is 0 Å². The first kappa shape index (κ1) is 14.0. The number of nitrogen functional groups attached to an aromatic ring is 1. The van der Waals surface area contributed by atoms with E-state index in [-0.39, 0.29) is 16.5 Å². The molecule has 0 saturated carbocycles. The Morgan fingerprint density at radius 3 is 2.59 bits per heavy atom. The van der Waals surface area contributed by atoms with Crippen molar-refractivity contribution in [2.24, 2.45) is 0 Å². The predicted molar refractivity (Wildman–Crippen MR) is 69.5 cm³/mol. The Kier molecular flexibility index (Phi) is 5.41. The van der Waals surface area contributed by atoms with Gasteiger partial charge in [-0.25, -0.2) is 13.4 Å². The Hall–Kier alpha value is -1.10. The zero-order chi connectivity index (χ0) is 12.7. The molecule has 4 nitrogen and oxygen atoms in total. The number of anilines is 1. The highest BCUT2D eigenvalue weighted by molar-refractivity contribution is 7.91. The van der Waals surface area contributed by atoms with Gasteiger partial charge in [-0.05, 0) is 18.6 Å². The molecule has 96 valence electrons. The molecule has 1 aromatic heterocycles. The van der Waals surface area contributed by atoms with Crippen molar-refractivity contribution < 1.29 is 8.42 Å². The summed E-state index contributed by atoms with van der Waals surface area (Å²) in [6, 6.07) is 3.20. The molecule has 0 saturated heterocycles. The van der Waals surface area contributed by atoms with Gasteiger partial charge >= 0.3 is 0 Å². The van der Waals surface area contributed by atoms with E-state index in [0.29, 0.717) is 6.42 Å². The molecule has 0 atom stereocenters. The second-order valence-electron chi connectivity index (χ2n) is 4.13. The fraction of sp³-hybridized carbons (Fsp3) is 0.583. The van der Waals surface area contributed by atoms with Crippen LogP contribution in [-0.4, -0.2) is 19.2 Å². The van der Waals surface area contributed by atoms with Crippen LogP contribution in [0.25, 0.3) is 0 Å². The first-order chi connectivity index (χ1) is 8.08. The molecule has 2 N–H and O–H groups in total. The highest BCUT2D eigenvalue weighted by Gasteiger charge is 2.18. The van der Waals surface area contributed by atoms with Crippen molar-refractivity contribution in [2.45, 2.75) is 44.1 Å². The smallest absolute Gasteiger partial charge is 0.197 e. The number of nitrogens with two attached hydrogens (primary N) is 1. The van der Waals surface area contributed by atoms with Crippen molar-refractivity contribution in [2.75, 3.05) is 11.5 Å². The minimum Gasteiger partial charge on any atom is -0.396 e. The normalized spacial score (nSPS) is 11.6. The van der Waals surface area contributed by atoms with Crippen molar-refractivity contribution in [1.29, 1.82) is 0 Å². The topological polar surface area (TPSA) is 73.0 Å². The van der Waals surface area contributed by atoms with E-state index in [9.17, 15) is 8.42 Å². The summed E-state index contributed by atoms with van der Waals surface area (Å²) in [4.78, 5) is 3.85. The highest BCUT2D eigenvalue weighted by Crippen LogP contribution is 2.17. The minimum atomic E-state index is -3.31. The minimum absolute atomic E-state index is 0.0236. The van der Waals surface area contributed by atoms with Crippen LogP contribution in [0.5, 0.6) is 0 Å². The fourth-order valence-electron chi connectivity index (χ4n) is 1.66. The Morgan fingerprint density at radius 2 is 1.94 bits per heavy atom. The summed E-state index contributed by atoms with van der Waals surface area (Å²) < 4.78 is 23.9. The van der Waals surface area contributed by atoms with Crippen LogP contribution in [0.3, 0.4) is 0 Å². The lowest BCUT2D eigenvalue weighted by molar-refractivity contribution is 0.584. The first-order valence-corrected chi connectivity index (χ1v) is 7.66. The van der Waals surface area contributed by atoms with Gasteiger partial charge < -0.3 is 5.73 Å². The third-order valence-corrected chi connectivity index (χ3v) is 4.37. The fourth-order valence-corrected chi connectivity index (χ4v) is 3.08. The summed E-state index contributed by atoms with van der Waals surface area (Å²) in [6.45, 7) is 2.13. The molecule has 0 unspecified atom stereocenters. The van der Waals surface area contributed by atoms with Gasteiger partial charge in [-0.1, -0.05) is 32.6 Å². The van der Waals surface area contributed by atoms with Gasteiger partial charge in [-0.3, -0.25) is 0 Å². The number of aromatic nitrogens is 1. The second kappa shape index (κ2) is 6.59. The maximum Gasteiger partial charge on any atom is 0.197 e. The summed E-state index contributed by atoms with van der Waals surface area (Å²) in [5, 5.41) is 0.0236. The molecule has 0 fully saturated rings. The van der Waals surface area contributed by atoms with Crippen molar-refractivity contribution in [3.8, 4) is 0 Å². The van der Waals surface area contributed by atoms with Crippen LogP contribution in [0.15, 0.2) is 23.4 Å². The number of hydrogen-bond donors (Lipinski definition) is 1. The molecule has 0 radical (unpaired) electrons. The Balaban J connectivity index is 2.55. The molecule has 17 heavy (non-hydrogen) atoms. The number of rotatable bonds is 7. The SMILES string of the molecule is CCCCCCCS(=O)(=O)c1ncccc1N. The van der Waals surface area contributed by atoms with Crippen molar-refractivity contribution in [1.82, 2.24) is 4.98 Å². The van der Waals surface area contributed by atoms with Crippen LogP contribution in [0, 0.1) is 0 Å². The van der Waals surface area contributed by atoms with Gasteiger partial charge in [0.25, 0.3) is 0 Å². The van der Waals surface area contributed by atoms with Crippen LogP contribution in [0.4, 0.5) is 5.69 Å². The molecule has 0 bridgehead atoms. The van der Waals surface area contributed by atoms with E-state index in [1.54, 1.807) is 12.1 Å². The molecule has 0 aliphatic heterocycles. The number of hydrogen-bond acceptors (Lipinski definition) is 4. The van der Waals surface area contributed by atoms with Crippen LogP contribution >= 0.6 is 0 Å². The highest BCUT2D eigenvalue weighted by atomic mass is 32.2. The number of unbranched alkanes of at least 4 members (excludes halogenated alkanes) is 4. The van der Waals surface area contributed by atoms with Crippen molar-refractivity contribution in [3.63, 3.8) is 0 Å². The van der Waals surface area contributed by atoms with Gasteiger partial charge in [0, 0.05) is 6.20 Å². The Labute approximate surface area is 103 Å². The quantitative estimate of drug-likeness (QED) is 0.760. The van der Waals surface area contributed by atoms with Gasteiger partial charge in [0.05, 0.1) is 11.4 Å². The Morgan fingerprint density at radius 1 is 1.24 bits per heavy atom. The molecular weight excluding hydrogens is 236 g/mol. The average Bonchev–Trinajstić information content (AvgIpc) is 2.29. The molecular formula is C12H20N2O2S. The van der Waals surface area contributed by atoms with Crippen LogP contribution < -0.4 is 5.73 Å². The van der Waals surface area contributed by atoms with E-state index in [4.69, 9.17) is 5.73 Å². The summed E-state index contributed by atoms with van der Waals surface area (Å²) in [5.74, 6) is 0.137. The lowest BCUT2D eigenvalue weighted by atomic mass is 10.2. The van der Waals surface area contributed by atoms with Crippen LogP contribution in [0.1, 0.15) is 39.0 Å². The molecule has 0 amide bonds. The number of sulfone groups is 1. The summed E-state index contributed by atoms with van der Waals surface area (Å²) in [7, 11) is -3.31. The van der Waals surface area contributed by atoms with Gasteiger partial charge in [0.1, 0.15) is 0 Å². The lowest BCUT2D eigenvalue weighted by Gasteiger charge is -2.05. The summed E-state index contributed by atoms with van der Waals surface area (Å²) >= 11 is 0. The average molecular weight is 256 g/mol. The molecule has 0 aromatic carbocycles. The third kappa shape index (κ3) is 4.34.